The molecule has 27 heavy (non-hydrogen) atoms. The Morgan fingerprint density at radius 3 is 2.67 bits per heavy atom. The molecule has 1 heterocycles. The van der Waals surface area contributed by atoms with E-state index in [4.69, 9.17) is 4.74 Å². The van der Waals surface area contributed by atoms with Crippen LogP contribution in [-0.4, -0.2) is 70.4 Å². The first-order valence-corrected chi connectivity index (χ1v) is 11.2. The number of rotatable bonds is 2. The van der Waals surface area contributed by atoms with Gasteiger partial charge in [-0.25, -0.2) is 0 Å². The van der Waals surface area contributed by atoms with Crippen LogP contribution in [0.15, 0.2) is 0 Å². The summed E-state index contributed by atoms with van der Waals surface area (Å²) in [5.41, 5.74) is -0.788. The van der Waals surface area contributed by atoms with Gasteiger partial charge in [-0.15, -0.1) is 0 Å². The highest BCUT2D eigenvalue weighted by molar-refractivity contribution is 5.32. The van der Waals surface area contributed by atoms with E-state index in [9.17, 15) is 15.3 Å². The van der Waals surface area contributed by atoms with Gasteiger partial charge in [0.15, 0.2) is 0 Å². The quantitative estimate of drug-likeness (QED) is 0.676. The Kier molecular flexibility index (Phi) is 3.33. The maximum absolute atomic E-state index is 12.1. The summed E-state index contributed by atoms with van der Waals surface area (Å²) in [6.45, 7) is 6.74. The van der Waals surface area contributed by atoms with Gasteiger partial charge in [0.1, 0.15) is 0 Å². The highest BCUT2D eigenvalue weighted by Gasteiger charge is 2.82. The lowest BCUT2D eigenvalue weighted by atomic mass is 9.43. The SMILES string of the molecule is CCN1C[C@]2(C)CCC(O)C34C5C[C@H]6C(O)C5[C@](O)(C[C@@H]6OC)C(CC32)[C@@H]14. The summed E-state index contributed by atoms with van der Waals surface area (Å²) in [5.74, 6) is 0.840. The Morgan fingerprint density at radius 2 is 1.96 bits per heavy atom. The Hall–Kier alpha value is -0.200. The molecule has 5 nitrogen and oxygen atoms in total. The van der Waals surface area contributed by atoms with Crippen LogP contribution in [0.4, 0.5) is 0 Å². The topological polar surface area (TPSA) is 73.2 Å². The molecule has 0 aromatic carbocycles. The average Bonchev–Trinajstić information content (AvgIpc) is 3.07. The monoisotopic (exact) mass is 377 g/mol. The van der Waals surface area contributed by atoms with Crippen LogP contribution in [0.1, 0.15) is 46.0 Å². The molecule has 6 aliphatic rings. The van der Waals surface area contributed by atoms with E-state index in [1.165, 1.54) is 0 Å². The van der Waals surface area contributed by atoms with E-state index in [0.29, 0.717) is 12.3 Å². The fraction of sp³-hybridized carbons (Fsp3) is 1.00. The minimum atomic E-state index is -0.858. The molecule has 5 saturated carbocycles. The molecule has 1 aliphatic heterocycles. The number of hydrogen-bond donors (Lipinski definition) is 3. The van der Waals surface area contributed by atoms with Crippen LogP contribution in [0.2, 0.25) is 0 Å². The van der Waals surface area contributed by atoms with Crippen LogP contribution >= 0.6 is 0 Å². The van der Waals surface area contributed by atoms with Gasteiger partial charge in [0, 0.05) is 49.3 Å². The molecule has 0 aromatic rings. The molecule has 3 N–H and O–H groups in total. The van der Waals surface area contributed by atoms with E-state index in [1.807, 2.05) is 0 Å². The third kappa shape index (κ3) is 1.66. The van der Waals surface area contributed by atoms with E-state index < -0.39 is 11.7 Å². The minimum Gasteiger partial charge on any atom is -0.392 e. The van der Waals surface area contributed by atoms with Crippen LogP contribution in [0, 0.1) is 40.4 Å². The van der Waals surface area contributed by atoms with Crippen LogP contribution in [-0.2, 0) is 4.74 Å². The van der Waals surface area contributed by atoms with Crippen LogP contribution in [0.5, 0.6) is 0 Å². The highest BCUT2D eigenvalue weighted by Crippen LogP contribution is 2.78. The maximum atomic E-state index is 12.1. The third-order valence-corrected chi connectivity index (χ3v) is 10.7. The maximum Gasteiger partial charge on any atom is 0.0771 e. The Morgan fingerprint density at radius 1 is 1.19 bits per heavy atom. The lowest BCUT2D eigenvalue weighted by molar-refractivity contribution is -0.266. The molecule has 0 aromatic heterocycles. The molecule has 1 spiro atoms. The third-order valence-electron chi connectivity index (χ3n) is 10.7. The Bertz CT molecular complexity index is 673. The zero-order chi connectivity index (χ0) is 18.9. The van der Waals surface area contributed by atoms with Crippen LogP contribution in [0.25, 0.3) is 0 Å². The fourth-order valence-corrected chi connectivity index (χ4v) is 10.1. The van der Waals surface area contributed by atoms with E-state index in [-0.39, 0.29) is 52.8 Å². The first kappa shape index (κ1) is 17.6. The summed E-state index contributed by atoms with van der Waals surface area (Å²) in [5, 5.41) is 34.9. The molecule has 0 radical (unpaired) electrons. The molecule has 5 heteroatoms. The van der Waals surface area contributed by atoms with Crippen molar-refractivity contribution in [1.82, 2.24) is 4.90 Å². The molecular formula is C22H35NO4. The number of piperidine rings is 1. The van der Waals surface area contributed by atoms with Gasteiger partial charge in [-0.3, -0.25) is 4.90 Å². The zero-order valence-corrected chi connectivity index (χ0v) is 16.8. The number of likely N-dealkylation sites (tertiary alicyclic amines) is 1. The first-order chi connectivity index (χ1) is 12.8. The number of hydrogen-bond acceptors (Lipinski definition) is 5. The van der Waals surface area contributed by atoms with E-state index >= 15 is 0 Å². The van der Waals surface area contributed by atoms with Crippen molar-refractivity contribution in [3.8, 4) is 0 Å². The standard InChI is InChI=1S/C22H35NO4/c1-4-23-10-20(2)6-5-16(24)22-12-7-11-14(27-3)9-21(26,17(12)18(11)25)13(19(22)23)8-15(20)22/h11-19,24-26H,4-10H2,1-3H3/t11-,12?,13?,14+,15?,16?,17?,18?,19-,20+,21+,22?/m1/s1. The predicted molar refractivity (Wildman–Crippen MR) is 99.9 cm³/mol. The van der Waals surface area contributed by atoms with E-state index in [0.717, 1.165) is 38.8 Å². The molecule has 1 saturated heterocycles. The molecule has 7 unspecified atom stereocenters. The Labute approximate surface area is 162 Å². The lowest BCUT2D eigenvalue weighted by Gasteiger charge is -2.68. The summed E-state index contributed by atoms with van der Waals surface area (Å²) < 4.78 is 5.79. The van der Waals surface area contributed by atoms with Crippen LogP contribution in [0.3, 0.4) is 0 Å². The second kappa shape index (κ2) is 5.10. The second-order valence-corrected chi connectivity index (χ2v) is 11.1. The smallest absolute Gasteiger partial charge is 0.0771 e. The molecule has 152 valence electrons. The van der Waals surface area contributed by atoms with E-state index in [1.54, 1.807) is 7.11 Å². The van der Waals surface area contributed by atoms with Gasteiger partial charge in [-0.05, 0) is 49.5 Å². The minimum absolute atomic E-state index is 0.0657. The average molecular weight is 378 g/mol. The van der Waals surface area contributed by atoms with Gasteiger partial charge in [-0.1, -0.05) is 13.8 Å². The second-order valence-electron chi connectivity index (χ2n) is 11.1. The molecule has 6 fully saturated rings. The molecule has 7 bridgehead atoms. The van der Waals surface area contributed by atoms with Gasteiger partial charge in [0.25, 0.3) is 0 Å². The number of fused-ring (bicyclic) bond motifs is 2. The predicted octanol–water partition coefficient (Wildman–Crippen LogP) is 1.25. The lowest BCUT2D eigenvalue weighted by Crippen LogP contribution is -2.75. The van der Waals surface area contributed by atoms with Crippen molar-refractivity contribution >= 4 is 0 Å². The fourth-order valence-electron chi connectivity index (χ4n) is 10.1. The summed E-state index contributed by atoms with van der Waals surface area (Å²) in [7, 11) is 1.73. The summed E-state index contributed by atoms with van der Waals surface area (Å²) in [6.07, 6.45) is 3.66. The summed E-state index contributed by atoms with van der Waals surface area (Å²) >= 11 is 0. The van der Waals surface area contributed by atoms with Crippen molar-refractivity contribution < 1.29 is 20.1 Å². The van der Waals surface area contributed by atoms with Gasteiger partial charge in [0.2, 0.25) is 0 Å². The number of aliphatic hydroxyl groups excluding tert-OH is 2. The van der Waals surface area contributed by atoms with Gasteiger partial charge in [-0.2, -0.15) is 0 Å². The van der Waals surface area contributed by atoms with Crippen molar-refractivity contribution in [3.05, 3.63) is 0 Å². The van der Waals surface area contributed by atoms with Gasteiger partial charge >= 0.3 is 0 Å². The van der Waals surface area contributed by atoms with Crippen molar-refractivity contribution in [1.29, 1.82) is 0 Å². The van der Waals surface area contributed by atoms with E-state index in [2.05, 4.69) is 18.7 Å². The molecule has 5 aliphatic carbocycles. The summed E-state index contributed by atoms with van der Waals surface area (Å²) in [4.78, 5) is 2.60. The molecular weight excluding hydrogens is 342 g/mol. The largest absolute Gasteiger partial charge is 0.392 e. The summed E-state index contributed by atoms with van der Waals surface area (Å²) in [6, 6.07) is 0.253. The molecule has 0 amide bonds. The normalized spacial score (nSPS) is 66.2. The van der Waals surface area contributed by atoms with Crippen LogP contribution < -0.4 is 0 Å². The first-order valence-electron chi connectivity index (χ1n) is 11.2. The van der Waals surface area contributed by atoms with Gasteiger partial charge in [0.05, 0.1) is 23.9 Å². The van der Waals surface area contributed by atoms with Crippen molar-refractivity contribution in [3.63, 3.8) is 0 Å². The molecule has 6 rings (SSSR count). The Balaban J connectivity index is 1.59. The number of nitrogens with zero attached hydrogens (tertiary/aromatic N) is 1. The number of ether oxygens (including phenoxy) is 1. The number of methoxy groups -OCH3 is 1. The zero-order valence-electron chi connectivity index (χ0n) is 16.8. The van der Waals surface area contributed by atoms with Crippen molar-refractivity contribution in [2.75, 3.05) is 20.2 Å². The van der Waals surface area contributed by atoms with Crippen molar-refractivity contribution in [2.45, 2.75) is 75.9 Å². The van der Waals surface area contributed by atoms with Crippen molar-refractivity contribution in [2.24, 2.45) is 40.4 Å². The molecule has 12 atom stereocenters. The number of aliphatic hydroxyl groups is 3. The van der Waals surface area contributed by atoms with Gasteiger partial charge < -0.3 is 20.1 Å². The highest BCUT2D eigenvalue weighted by atomic mass is 16.5.